The highest BCUT2D eigenvalue weighted by molar-refractivity contribution is 9.10. The van der Waals surface area contributed by atoms with Crippen molar-refractivity contribution in [3.8, 4) is 0 Å². The molecule has 0 saturated heterocycles. The van der Waals surface area contributed by atoms with E-state index >= 15 is 0 Å². The average Bonchev–Trinajstić information content (AvgIpc) is 2.36. The maximum atomic E-state index is 12.7. The fraction of sp³-hybridized carbons (Fsp3) is 0.571. The number of aliphatic hydroxyl groups excluding tert-OH is 1. The van der Waals surface area contributed by atoms with Crippen LogP contribution in [0.3, 0.4) is 0 Å². The van der Waals surface area contributed by atoms with Gasteiger partial charge < -0.3 is 5.11 Å². The molecule has 0 amide bonds. The van der Waals surface area contributed by atoms with Gasteiger partial charge in [-0.3, -0.25) is 0 Å². The van der Waals surface area contributed by atoms with E-state index in [9.17, 15) is 13.5 Å². The highest BCUT2D eigenvalue weighted by atomic mass is 79.9. The minimum absolute atomic E-state index is 0.173. The maximum absolute atomic E-state index is 12.7. The van der Waals surface area contributed by atoms with Crippen molar-refractivity contribution in [1.82, 2.24) is 4.31 Å². The Morgan fingerprint density at radius 2 is 2.05 bits per heavy atom. The summed E-state index contributed by atoms with van der Waals surface area (Å²) in [6, 6.07) is 3.31. The van der Waals surface area contributed by atoms with E-state index in [1.807, 2.05) is 0 Å². The lowest BCUT2D eigenvalue weighted by atomic mass is 9.86. The van der Waals surface area contributed by atoms with Gasteiger partial charge in [0.2, 0.25) is 10.0 Å². The van der Waals surface area contributed by atoms with E-state index in [1.165, 1.54) is 10.7 Å². The number of halogens is 1. The van der Waals surface area contributed by atoms with Crippen molar-refractivity contribution in [2.45, 2.75) is 37.7 Å². The second-order valence-corrected chi connectivity index (χ2v) is 8.31. The van der Waals surface area contributed by atoms with Crippen molar-refractivity contribution in [2.24, 2.45) is 5.92 Å². The van der Waals surface area contributed by atoms with Crippen LogP contribution in [0.25, 0.3) is 0 Å². The van der Waals surface area contributed by atoms with Crippen LogP contribution in [0, 0.1) is 12.8 Å². The van der Waals surface area contributed by atoms with Crippen LogP contribution in [-0.2, 0) is 16.6 Å². The molecule has 1 fully saturated rings. The van der Waals surface area contributed by atoms with E-state index in [2.05, 4.69) is 15.9 Å². The minimum Gasteiger partial charge on any atom is -0.392 e. The highest BCUT2D eigenvalue weighted by Crippen LogP contribution is 2.31. The van der Waals surface area contributed by atoms with Gasteiger partial charge in [-0.15, -0.1) is 0 Å². The first-order valence-corrected chi connectivity index (χ1v) is 8.95. The van der Waals surface area contributed by atoms with E-state index in [1.54, 1.807) is 26.1 Å². The number of nitrogens with zero attached hydrogens (tertiary/aromatic N) is 1. The molecule has 20 heavy (non-hydrogen) atoms. The molecule has 4 nitrogen and oxygen atoms in total. The number of hydrogen-bond acceptors (Lipinski definition) is 3. The third kappa shape index (κ3) is 3.08. The lowest BCUT2D eigenvalue weighted by molar-refractivity contribution is 0.262. The molecule has 112 valence electrons. The van der Waals surface area contributed by atoms with Gasteiger partial charge in [0.25, 0.3) is 0 Å². The molecule has 1 saturated carbocycles. The standard InChI is InChI=1S/C14H20BrNO3S/c1-10-13(15)6-12(9-17)7-14(10)20(18,19)16(2)8-11-4-3-5-11/h6-7,11,17H,3-5,8-9H2,1-2H3. The van der Waals surface area contributed by atoms with E-state index in [0.717, 1.165) is 12.8 Å². The molecule has 0 atom stereocenters. The molecule has 1 N–H and O–H groups in total. The summed E-state index contributed by atoms with van der Waals surface area (Å²) in [6.07, 6.45) is 3.42. The van der Waals surface area contributed by atoms with Crippen LogP contribution in [0.2, 0.25) is 0 Å². The van der Waals surface area contributed by atoms with Crippen LogP contribution >= 0.6 is 15.9 Å². The van der Waals surface area contributed by atoms with E-state index in [0.29, 0.717) is 28.1 Å². The van der Waals surface area contributed by atoms with E-state index in [-0.39, 0.29) is 11.5 Å². The van der Waals surface area contributed by atoms with Gasteiger partial charge in [-0.2, -0.15) is 0 Å². The molecule has 1 aromatic rings. The van der Waals surface area contributed by atoms with Crippen LogP contribution in [0.5, 0.6) is 0 Å². The molecule has 6 heteroatoms. The maximum Gasteiger partial charge on any atom is 0.243 e. The Kier molecular flexibility index (Phi) is 4.89. The van der Waals surface area contributed by atoms with Gasteiger partial charge in [0.15, 0.2) is 0 Å². The van der Waals surface area contributed by atoms with Crippen molar-refractivity contribution in [2.75, 3.05) is 13.6 Å². The molecule has 0 bridgehead atoms. The molecule has 1 aromatic carbocycles. The Hall–Kier alpha value is -0.430. The number of sulfonamides is 1. The van der Waals surface area contributed by atoms with Crippen molar-refractivity contribution in [1.29, 1.82) is 0 Å². The fourth-order valence-corrected chi connectivity index (χ4v) is 4.55. The van der Waals surface area contributed by atoms with Gasteiger partial charge in [-0.1, -0.05) is 22.4 Å². The predicted octanol–water partition coefficient (Wildman–Crippen LogP) is 2.67. The zero-order valence-corrected chi connectivity index (χ0v) is 14.2. The van der Waals surface area contributed by atoms with Gasteiger partial charge in [0.1, 0.15) is 0 Å². The Morgan fingerprint density at radius 3 is 2.55 bits per heavy atom. The van der Waals surface area contributed by atoms with Gasteiger partial charge in [0.05, 0.1) is 11.5 Å². The zero-order valence-electron chi connectivity index (χ0n) is 11.8. The summed E-state index contributed by atoms with van der Waals surface area (Å²) in [5, 5.41) is 9.25. The average molecular weight is 362 g/mol. The Morgan fingerprint density at radius 1 is 1.40 bits per heavy atom. The van der Waals surface area contributed by atoms with Gasteiger partial charge in [0, 0.05) is 18.1 Å². The van der Waals surface area contributed by atoms with Gasteiger partial charge >= 0.3 is 0 Å². The lowest BCUT2D eigenvalue weighted by Crippen LogP contribution is -2.34. The summed E-state index contributed by atoms with van der Waals surface area (Å²) in [5.74, 6) is 0.486. The van der Waals surface area contributed by atoms with Crippen LogP contribution in [0.4, 0.5) is 0 Å². The summed E-state index contributed by atoms with van der Waals surface area (Å²) < 4.78 is 27.5. The summed E-state index contributed by atoms with van der Waals surface area (Å²) in [5.41, 5.74) is 1.28. The summed E-state index contributed by atoms with van der Waals surface area (Å²) in [7, 11) is -1.87. The van der Waals surface area contributed by atoms with Crippen molar-refractivity contribution in [3.05, 3.63) is 27.7 Å². The highest BCUT2D eigenvalue weighted by Gasteiger charge is 2.28. The smallest absolute Gasteiger partial charge is 0.243 e. The van der Waals surface area contributed by atoms with Crippen LogP contribution < -0.4 is 0 Å². The first-order valence-electron chi connectivity index (χ1n) is 6.72. The Balaban J connectivity index is 2.34. The quantitative estimate of drug-likeness (QED) is 0.876. The van der Waals surface area contributed by atoms with Crippen LogP contribution in [-0.4, -0.2) is 31.4 Å². The SMILES string of the molecule is Cc1c(Br)cc(CO)cc1S(=O)(=O)N(C)CC1CCC1. The first kappa shape index (κ1) is 15.9. The Labute approximate surface area is 129 Å². The molecule has 0 radical (unpaired) electrons. The molecule has 1 aliphatic carbocycles. The molecule has 0 heterocycles. The number of hydrogen-bond donors (Lipinski definition) is 1. The van der Waals surface area contributed by atoms with E-state index < -0.39 is 10.0 Å². The van der Waals surface area contributed by atoms with Gasteiger partial charge in [-0.05, 0) is 48.9 Å². The van der Waals surface area contributed by atoms with Crippen LogP contribution in [0.1, 0.15) is 30.4 Å². The molecule has 2 rings (SSSR count). The van der Waals surface area contributed by atoms with E-state index in [4.69, 9.17) is 0 Å². The normalized spacial score (nSPS) is 16.4. The predicted molar refractivity (Wildman–Crippen MR) is 82.0 cm³/mol. The molecule has 0 unspecified atom stereocenters. The Bertz CT molecular complexity index is 597. The molecule has 0 aliphatic heterocycles. The first-order chi connectivity index (χ1) is 9.36. The second kappa shape index (κ2) is 6.13. The van der Waals surface area contributed by atoms with Crippen molar-refractivity contribution >= 4 is 26.0 Å². The summed E-state index contributed by atoms with van der Waals surface area (Å²) >= 11 is 3.36. The second-order valence-electron chi connectivity index (χ2n) is 5.44. The number of aliphatic hydroxyl groups is 1. The molecule has 0 aromatic heterocycles. The fourth-order valence-electron chi connectivity index (χ4n) is 2.37. The monoisotopic (exact) mass is 361 g/mol. The molecular weight excluding hydrogens is 342 g/mol. The summed E-state index contributed by atoms with van der Waals surface area (Å²) in [4.78, 5) is 0.276. The summed E-state index contributed by atoms with van der Waals surface area (Å²) in [6.45, 7) is 2.17. The van der Waals surface area contributed by atoms with Crippen molar-refractivity contribution in [3.63, 3.8) is 0 Å². The van der Waals surface area contributed by atoms with Gasteiger partial charge in [-0.25, -0.2) is 12.7 Å². The molecule has 1 aliphatic rings. The largest absolute Gasteiger partial charge is 0.392 e. The lowest BCUT2D eigenvalue weighted by Gasteiger charge is -2.30. The topological polar surface area (TPSA) is 57.6 Å². The minimum atomic E-state index is -3.50. The van der Waals surface area contributed by atoms with Crippen molar-refractivity contribution < 1.29 is 13.5 Å². The zero-order chi connectivity index (χ0) is 14.9. The third-order valence-corrected chi connectivity index (χ3v) is 6.74. The number of rotatable bonds is 5. The molecule has 0 spiro atoms. The number of benzene rings is 1. The third-order valence-electron chi connectivity index (χ3n) is 3.97. The molecular formula is C14H20BrNO3S. The van der Waals surface area contributed by atoms with Crippen LogP contribution in [0.15, 0.2) is 21.5 Å².